The fourth-order valence-corrected chi connectivity index (χ4v) is 0.827. The van der Waals surface area contributed by atoms with Crippen LogP contribution in [0.2, 0.25) is 0 Å². The molecule has 0 aromatic heterocycles. The fourth-order valence-electron chi connectivity index (χ4n) is 0.827. The standard InChI is InChI=1S/C7H6BFNO3/c9-6-2-1-4(13-8-12)3-5(6)7(10)11/h1-3,12H,(H2,10,11). The lowest BCUT2D eigenvalue weighted by molar-refractivity contribution is 0.0996. The van der Waals surface area contributed by atoms with Crippen molar-refractivity contribution >= 4 is 13.6 Å². The van der Waals surface area contributed by atoms with E-state index in [2.05, 4.69) is 4.65 Å². The molecule has 1 rings (SSSR count). The molecule has 1 aromatic rings. The summed E-state index contributed by atoms with van der Waals surface area (Å²) in [5.74, 6) is -1.48. The van der Waals surface area contributed by atoms with Crippen LogP contribution < -0.4 is 10.4 Å². The summed E-state index contributed by atoms with van der Waals surface area (Å²) in [5, 5.41) is 8.26. The first kappa shape index (κ1) is 9.53. The van der Waals surface area contributed by atoms with E-state index in [1.54, 1.807) is 0 Å². The van der Waals surface area contributed by atoms with E-state index in [0.717, 1.165) is 12.1 Å². The Kier molecular flexibility index (Phi) is 2.86. The average molecular weight is 182 g/mol. The lowest BCUT2D eigenvalue weighted by Gasteiger charge is -2.03. The number of rotatable bonds is 3. The van der Waals surface area contributed by atoms with Gasteiger partial charge in [-0.05, 0) is 18.2 Å². The number of carbonyl (C=O) groups excluding carboxylic acids is 1. The zero-order valence-corrected chi connectivity index (χ0v) is 6.53. The van der Waals surface area contributed by atoms with Gasteiger partial charge in [-0.2, -0.15) is 0 Å². The third-order valence-electron chi connectivity index (χ3n) is 1.39. The fraction of sp³-hybridized carbons (Fsp3) is 0. The highest BCUT2D eigenvalue weighted by Gasteiger charge is 2.09. The van der Waals surface area contributed by atoms with Crippen molar-refractivity contribution in [3.8, 4) is 5.75 Å². The molecule has 0 fully saturated rings. The molecule has 0 aliphatic heterocycles. The van der Waals surface area contributed by atoms with E-state index < -0.39 is 11.7 Å². The Hall–Kier alpha value is -1.56. The molecular weight excluding hydrogens is 176 g/mol. The SMILES string of the molecule is NC(=O)c1cc(O[B]O)ccc1F. The predicted molar refractivity (Wildman–Crippen MR) is 43.5 cm³/mol. The maximum Gasteiger partial charge on any atom is 0.569 e. The van der Waals surface area contributed by atoms with E-state index in [4.69, 9.17) is 10.8 Å². The van der Waals surface area contributed by atoms with Gasteiger partial charge in [0, 0.05) is 0 Å². The van der Waals surface area contributed by atoms with E-state index >= 15 is 0 Å². The van der Waals surface area contributed by atoms with Gasteiger partial charge in [-0.1, -0.05) is 0 Å². The zero-order chi connectivity index (χ0) is 9.84. The first-order valence-corrected chi connectivity index (χ1v) is 3.37. The van der Waals surface area contributed by atoms with Crippen LogP contribution in [-0.2, 0) is 0 Å². The summed E-state index contributed by atoms with van der Waals surface area (Å²) in [5.41, 5.74) is 4.59. The van der Waals surface area contributed by atoms with Crippen LogP contribution in [0.1, 0.15) is 10.4 Å². The topological polar surface area (TPSA) is 72.6 Å². The van der Waals surface area contributed by atoms with Crippen molar-refractivity contribution in [2.45, 2.75) is 0 Å². The summed E-state index contributed by atoms with van der Waals surface area (Å²) < 4.78 is 17.3. The Labute approximate surface area is 74.4 Å². The molecule has 13 heavy (non-hydrogen) atoms. The van der Waals surface area contributed by atoms with Crippen molar-refractivity contribution in [3.05, 3.63) is 29.6 Å². The molecule has 0 spiro atoms. The summed E-state index contributed by atoms with van der Waals surface area (Å²) in [6, 6.07) is 3.39. The van der Waals surface area contributed by atoms with Crippen molar-refractivity contribution in [2.75, 3.05) is 0 Å². The Morgan fingerprint density at radius 1 is 1.62 bits per heavy atom. The molecular formula is C7H6BFNO3. The molecule has 1 radical (unpaired) electrons. The number of hydrogen-bond donors (Lipinski definition) is 2. The van der Waals surface area contributed by atoms with Gasteiger partial charge in [-0.3, -0.25) is 4.79 Å². The van der Waals surface area contributed by atoms with Crippen LogP contribution in [-0.4, -0.2) is 18.6 Å². The van der Waals surface area contributed by atoms with E-state index in [9.17, 15) is 9.18 Å². The third-order valence-corrected chi connectivity index (χ3v) is 1.39. The zero-order valence-electron chi connectivity index (χ0n) is 6.53. The van der Waals surface area contributed by atoms with Crippen molar-refractivity contribution in [3.63, 3.8) is 0 Å². The molecule has 0 saturated heterocycles. The van der Waals surface area contributed by atoms with E-state index in [0.29, 0.717) is 7.69 Å². The molecule has 0 aliphatic carbocycles. The van der Waals surface area contributed by atoms with Gasteiger partial charge in [-0.25, -0.2) is 4.39 Å². The predicted octanol–water partition coefficient (Wildman–Crippen LogP) is -0.170. The number of halogens is 1. The number of primary amides is 1. The number of nitrogens with two attached hydrogens (primary N) is 1. The second-order valence-corrected chi connectivity index (χ2v) is 2.23. The molecule has 1 amide bonds. The second kappa shape index (κ2) is 3.91. The molecule has 0 aliphatic rings. The smallest absolute Gasteiger partial charge is 0.537 e. The molecule has 4 nitrogen and oxygen atoms in total. The summed E-state index contributed by atoms with van der Waals surface area (Å²) in [6.45, 7) is 0. The number of benzene rings is 1. The van der Waals surface area contributed by atoms with E-state index in [1.165, 1.54) is 6.07 Å². The van der Waals surface area contributed by atoms with Crippen molar-refractivity contribution in [2.24, 2.45) is 5.73 Å². The lowest BCUT2D eigenvalue weighted by atomic mass is 10.2. The summed E-state index contributed by atoms with van der Waals surface area (Å²) >= 11 is 0. The Morgan fingerprint density at radius 3 is 2.85 bits per heavy atom. The molecule has 0 unspecified atom stereocenters. The van der Waals surface area contributed by atoms with E-state index in [1.807, 2.05) is 0 Å². The molecule has 0 heterocycles. The van der Waals surface area contributed by atoms with Crippen molar-refractivity contribution in [1.82, 2.24) is 0 Å². The highest BCUT2D eigenvalue weighted by atomic mass is 19.1. The molecule has 1 aromatic carbocycles. The maximum atomic E-state index is 12.8. The average Bonchev–Trinajstić information content (AvgIpc) is 2.08. The van der Waals surface area contributed by atoms with Crippen LogP contribution in [0.15, 0.2) is 18.2 Å². The molecule has 6 heteroatoms. The molecule has 67 valence electrons. The summed E-state index contributed by atoms with van der Waals surface area (Å²) in [6.07, 6.45) is 0. The van der Waals surface area contributed by atoms with Gasteiger partial charge in [0.15, 0.2) is 0 Å². The van der Waals surface area contributed by atoms with Crippen LogP contribution in [0, 0.1) is 5.82 Å². The van der Waals surface area contributed by atoms with Gasteiger partial charge >= 0.3 is 7.69 Å². The largest absolute Gasteiger partial charge is 0.569 e. The first-order chi connectivity index (χ1) is 6.15. The molecule has 0 bridgehead atoms. The first-order valence-electron chi connectivity index (χ1n) is 3.37. The second-order valence-electron chi connectivity index (χ2n) is 2.23. The number of carbonyl (C=O) groups is 1. The van der Waals surface area contributed by atoms with Crippen LogP contribution >= 0.6 is 0 Å². The van der Waals surface area contributed by atoms with Crippen molar-refractivity contribution in [1.29, 1.82) is 0 Å². The molecule has 0 atom stereocenters. The van der Waals surface area contributed by atoms with Gasteiger partial charge < -0.3 is 15.4 Å². The normalized spacial score (nSPS) is 9.38. The van der Waals surface area contributed by atoms with Gasteiger partial charge in [-0.15, -0.1) is 0 Å². The van der Waals surface area contributed by atoms with Crippen LogP contribution in [0.4, 0.5) is 4.39 Å². The minimum Gasteiger partial charge on any atom is -0.537 e. The van der Waals surface area contributed by atoms with Crippen LogP contribution in [0.3, 0.4) is 0 Å². The van der Waals surface area contributed by atoms with E-state index in [-0.39, 0.29) is 11.3 Å². The minimum absolute atomic E-state index is 0.137. The highest BCUT2D eigenvalue weighted by molar-refractivity contribution is 6.17. The summed E-state index contributed by atoms with van der Waals surface area (Å²) in [7, 11) is 0.429. The van der Waals surface area contributed by atoms with Gasteiger partial charge in [0.2, 0.25) is 0 Å². The summed E-state index contributed by atoms with van der Waals surface area (Å²) in [4.78, 5) is 10.6. The Balaban J connectivity index is 3.04. The Bertz CT molecular complexity index is 332. The molecule has 0 saturated carbocycles. The molecule has 3 N–H and O–H groups in total. The number of hydrogen-bond acceptors (Lipinski definition) is 3. The Morgan fingerprint density at radius 2 is 2.31 bits per heavy atom. The van der Waals surface area contributed by atoms with Crippen LogP contribution in [0.5, 0.6) is 5.75 Å². The highest BCUT2D eigenvalue weighted by Crippen LogP contribution is 2.15. The monoisotopic (exact) mass is 182 g/mol. The quantitative estimate of drug-likeness (QED) is 0.637. The maximum absolute atomic E-state index is 12.8. The lowest BCUT2D eigenvalue weighted by Crippen LogP contribution is -2.13. The van der Waals surface area contributed by atoms with Gasteiger partial charge in [0.25, 0.3) is 5.91 Å². The van der Waals surface area contributed by atoms with Gasteiger partial charge in [0.05, 0.1) is 5.56 Å². The number of amides is 1. The van der Waals surface area contributed by atoms with Gasteiger partial charge in [0.1, 0.15) is 11.6 Å². The van der Waals surface area contributed by atoms with Crippen LogP contribution in [0.25, 0.3) is 0 Å². The minimum atomic E-state index is -0.888. The van der Waals surface area contributed by atoms with Crippen molar-refractivity contribution < 1.29 is 18.9 Å². The third kappa shape index (κ3) is 2.19.